The molecular formula is C30H50N4O4S. The van der Waals surface area contributed by atoms with Crippen molar-refractivity contribution in [3.63, 3.8) is 0 Å². The number of nitrogens with one attached hydrogen (secondary N) is 2. The maximum atomic E-state index is 13.2. The van der Waals surface area contributed by atoms with Crippen molar-refractivity contribution in [1.82, 2.24) is 20.5 Å². The van der Waals surface area contributed by atoms with Crippen molar-refractivity contribution in [2.24, 2.45) is 5.41 Å². The van der Waals surface area contributed by atoms with Crippen LogP contribution in [0.3, 0.4) is 0 Å². The molecule has 1 aliphatic heterocycles. The number of aryl methyl sites for hydroxylation is 2. The monoisotopic (exact) mass is 562 g/mol. The lowest BCUT2D eigenvalue weighted by atomic mass is 9.85. The van der Waals surface area contributed by atoms with Crippen LogP contribution in [0.25, 0.3) is 10.4 Å². The number of carbonyl (C=O) groups excluding carboxylic acids is 3. The molecule has 1 aromatic carbocycles. The van der Waals surface area contributed by atoms with Crippen molar-refractivity contribution >= 4 is 29.6 Å². The molecule has 39 heavy (non-hydrogen) atoms. The van der Waals surface area contributed by atoms with Crippen molar-refractivity contribution in [1.29, 1.82) is 0 Å². The smallest absolute Gasteiger partial charge is 0.246 e. The largest absolute Gasteiger partial charge is 0.391 e. The van der Waals surface area contributed by atoms with Crippen LogP contribution in [0, 0.1) is 19.3 Å². The molecule has 1 saturated heterocycles. The molecule has 1 aromatic heterocycles. The maximum absolute atomic E-state index is 13.2. The predicted octanol–water partition coefficient (Wildman–Crippen LogP) is 5.24. The molecule has 3 amide bonds. The lowest BCUT2D eigenvalue weighted by molar-refractivity contribution is -0.143. The van der Waals surface area contributed by atoms with Gasteiger partial charge in [-0.1, -0.05) is 80.5 Å². The van der Waals surface area contributed by atoms with Crippen LogP contribution < -0.4 is 10.6 Å². The minimum atomic E-state index is -0.791. The van der Waals surface area contributed by atoms with Crippen molar-refractivity contribution < 1.29 is 19.5 Å². The summed E-state index contributed by atoms with van der Waals surface area (Å²) in [4.78, 5) is 44.0. The van der Waals surface area contributed by atoms with E-state index in [1.165, 1.54) is 4.90 Å². The van der Waals surface area contributed by atoms with E-state index in [0.29, 0.717) is 13.0 Å². The Hall–Kier alpha value is -2.78. The topological polar surface area (TPSA) is 112 Å². The van der Waals surface area contributed by atoms with Gasteiger partial charge in [0, 0.05) is 19.5 Å². The van der Waals surface area contributed by atoms with Gasteiger partial charge in [-0.3, -0.25) is 14.4 Å². The zero-order valence-corrected chi connectivity index (χ0v) is 26.5. The van der Waals surface area contributed by atoms with Gasteiger partial charge >= 0.3 is 0 Å². The number of aliphatic hydroxyl groups excluding tert-OH is 1. The molecule has 3 N–H and O–H groups in total. The molecular weight excluding hydrogens is 512 g/mol. The molecule has 3 unspecified atom stereocenters. The first-order chi connectivity index (χ1) is 18.5. The minimum Gasteiger partial charge on any atom is -0.391 e. The Kier molecular flexibility index (Phi) is 16.5. The second kappa shape index (κ2) is 17.7. The quantitative estimate of drug-likeness (QED) is 0.400. The maximum Gasteiger partial charge on any atom is 0.246 e. The number of rotatable bonds is 7. The Morgan fingerprint density at radius 1 is 1.15 bits per heavy atom. The van der Waals surface area contributed by atoms with Gasteiger partial charge in [0.25, 0.3) is 0 Å². The molecule has 2 aromatic rings. The van der Waals surface area contributed by atoms with E-state index in [1.807, 2.05) is 93.8 Å². The Balaban J connectivity index is 0.00000225. The number of hydrogen-bond acceptors (Lipinski definition) is 6. The predicted molar refractivity (Wildman–Crippen MR) is 161 cm³/mol. The second-order valence-corrected chi connectivity index (χ2v) is 10.5. The van der Waals surface area contributed by atoms with E-state index in [4.69, 9.17) is 0 Å². The number of aliphatic hydroxyl groups is 1. The molecule has 0 spiro atoms. The normalized spacial score (nSPS) is 16.8. The van der Waals surface area contributed by atoms with Gasteiger partial charge in [0.15, 0.2) is 0 Å². The molecule has 3 atom stereocenters. The highest BCUT2D eigenvalue weighted by Crippen LogP contribution is 2.29. The molecule has 0 aliphatic carbocycles. The van der Waals surface area contributed by atoms with E-state index in [0.717, 1.165) is 27.3 Å². The van der Waals surface area contributed by atoms with E-state index in [2.05, 4.69) is 21.7 Å². The fraction of sp³-hybridized carbons (Fsp3) is 0.600. The van der Waals surface area contributed by atoms with Crippen molar-refractivity contribution in [3.8, 4) is 10.4 Å². The van der Waals surface area contributed by atoms with Crippen LogP contribution in [0.2, 0.25) is 0 Å². The highest BCUT2D eigenvalue weighted by molar-refractivity contribution is 7.13. The number of aromatic nitrogens is 1. The Morgan fingerprint density at radius 2 is 1.77 bits per heavy atom. The van der Waals surface area contributed by atoms with Crippen LogP contribution in [0.5, 0.6) is 0 Å². The summed E-state index contributed by atoms with van der Waals surface area (Å²) < 4.78 is 0. The lowest BCUT2D eigenvalue weighted by Gasteiger charge is -2.34. The minimum absolute atomic E-state index is 0.0615. The van der Waals surface area contributed by atoms with Crippen LogP contribution in [0.1, 0.15) is 85.6 Å². The van der Waals surface area contributed by atoms with Gasteiger partial charge in [-0.2, -0.15) is 0 Å². The standard InChI is InChI=1S/C24H32N4O4S.3C2H6/c1-14-8-16(20-15(2)27-13-33-20)6-7-17(14)10-25-22(31)19-9-18(30)11-28(19)23(32)21(26-12-29)24(3,4)5;3*1-2/h6-8,12-13,18-19,21,30H,9-11H2,1-5H3,(H,25,31)(H,26,29);3*1-2H3. The van der Waals surface area contributed by atoms with Gasteiger partial charge in [0.2, 0.25) is 18.2 Å². The van der Waals surface area contributed by atoms with Crippen molar-refractivity contribution in [3.05, 3.63) is 40.5 Å². The molecule has 0 bridgehead atoms. The lowest BCUT2D eigenvalue weighted by Crippen LogP contribution is -2.56. The number of likely N-dealkylation sites (tertiary alicyclic amines) is 1. The highest BCUT2D eigenvalue weighted by atomic mass is 32.1. The van der Waals surface area contributed by atoms with E-state index in [9.17, 15) is 19.5 Å². The Labute approximate surface area is 239 Å². The van der Waals surface area contributed by atoms with Crippen molar-refractivity contribution in [2.75, 3.05) is 6.54 Å². The van der Waals surface area contributed by atoms with E-state index in [1.54, 1.807) is 11.3 Å². The van der Waals surface area contributed by atoms with Crippen molar-refractivity contribution in [2.45, 2.75) is 107 Å². The molecule has 220 valence electrons. The van der Waals surface area contributed by atoms with Gasteiger partial charge in [-0.05, 0) is 36.0 Å². The zero-order valence-electron chi connectivity index (χ0n) is 25.7. The summed E-state index contributed by atoms with van der Waals surface area (Å²) in [5, 5.41) is 15.7. The highest BCUT2D eigenvalue weighted by Gasteiger charge is 2.43. The molecule has 0 saturated carbocycles. The van der Waals surface area contributed by atoms with E-state index in [-0.39, 0.29) is 24.8 Å². The van der Waals surface area contributed by atoms with Gasteiger partial charge < -0.3 is 20.6 Å². The van der Waals surface area contributed by atoms with Crippen LogP contribution in [0.4, 0.5) is 0 Å². The molecule has 0 radical (unpaired) electrons. The van der Waals surface area contributed by atoms with E-state index >= 15 is 0 Å². The number of benzene rings is 1. The summed E-state index contributed by atoms with van der Waals surface area (Å²) >= 11 is 1.59. The molecule has 1 fully saturated rings. The Bertz CT molecular complexity index is 1030. The van der Waals surface area contributed by atoms with Gasteiger partial charge in [-0.15, -0.1) is 11.3 Å². The summed E-state index contributed by atoms with van der Waals surface area (Å²) in [6.07, 6.45) is -0.126. The SMILES string of the molecule is CC.CC.CC.Cc1cc(-c2scnc2C)ccc1CNC(=O)C1CC(O)CN1C(=O)C(NC=O)C(C)(C)C. The Morgan fingerprint density at radius 3 is 2.26 bits per heavy atom. The summed E-state index contributed by atoms with van der Waals surface area (Å²) in [5.41, 5.74) is 5.38. The summed E-state index contributed by atoms with van der Waals surface area (Å²) in [7, 11) is 0. The van der Waals surface area contributed by atoms with Gasteiger partial charge in [0.05, 0.1) is 22.2 Å². The van der Waals surface area contributed by atoms with Crippen LogP contribution in [0.15, 0.2) is 23.7 Å². The fourth-order valence-electron chi connectivity index (χ4n) is 4.15. The number of hydrogen-bond donors (Lipinski definition) is 3. The molecule has 9 heteroatoms. The molecule has 2 heterocycles. The first kappa shape index (κ1) is 36.2. The summed E-state index contributed by atoms with van der Waals surface area (Å²) in [5.74, 6) is -0.688. The third kappa shape index (κ3) is 10.0. The van der Waals surface area contributed by atoms with Crippen LogP contribution >= 0.6 is 11.3 Å². The summed E-state index contributed by atoms with van der Waals surface area (Å²) in [6.45, 7) is 21.9. The first-order valence-electron chi connectivity index (χ1n) is 14.0. The molecule has 8 nitrogen and oxygen atoms in total. The first-order valence-corrected chi connectivity index (χ1v) is 14.9. The van der Waals surface area contributed by atoms with E-state index < -0.39 is 23.6 Å². The molecule has 1 aliphatic rings. The molecule has 3 rings (SSSR count). The number of carbonyl (C=O) groups is 3. The third-order valence-electron chi connectivity index (χ3n) is 6.02. The number of thiazole rings is 1. The zero-order chi connectivity index (χ0) is 30.3. The third-order valence-corrected chi connectivity index (χ3v) is 6.99. The average molecular weight is 563 g/mol. The fourth-order valence-corrected chi connectivity index (χ4v) is 4.95. The number of β-amino-alcohol motifs (C(OH)–C–C–N with tert-alkyl or cyclic N) is 1. The second-order valence-electron chi connectivity index (χ2n) is 9.61. The van der Waals surface area contributed by atoms with Gasteiger partial charge in [0.1, 0.15) is 12.1 Å². The van der Waals surface area contributed by atoms with Gasteiger partial charge in [-0.25, -0.2) is 4.98 Å². The number of nitrogens with zero attached hydrogens (tertiary/aromatic N) is 2. The summed E-state index contributed by atoms with van der Waals surface area (Å²) in [6, 6.07) is 4.50. The average Bonchev–Trinajstić information content (AvgIpc) is 3.54. The van der Waals surface area contributed by atoms with Crippen LogP contribution in [-0.4, -0.2) is 57.9 Å². The van der Waals surface area contributed by atoms with Crippen LogP contribution in [-0.2, 0) is 20.9 Å². The number of amides is 3.